The van der Waals surface area contributed by atoms with Crippen molar-refractivity contribution >= 4 is 5.91 Å². The monoisotopic (exact) mass is 292 g/mol. The number of nitrogens with one attached hydrogen (secondary N) is 1. The number of ether oxygens (including phenoxy) is 2. The minimum Gasteiger partial charge on any atom is -0.352 e. The first kappa shape index (κ1) is 15.9. The standard InChI is InChI=1S/C16H24N2O3/c1-16(2)20-11-13(21-16)10-18-15(19)14(17)9-8-12-6-4-3-5-7-12/h3-7,13-14H,8-11,17H2,1-2H3,(H,18,19)/t13?,14-/m0/s1. The summed E-state index contributed by atoms with van der Waals surface area (Å²) >= 11 is 0. The zero-order valence-electron chi connectivity index (χ0n) is 12.7. The van der Waals surface area contributed by atoms with Gasteiger partial charge in [0, 0.05) is 6.54 Å². The fourth-order valence-electron chi connectivity index (χ4n) is 2.31. The molecule has 21 heavy (non-hydrogen) atoms. The molecule has 0 radical (unpaired) electrons. The summed E-state index contributed by atoms with van der Waals surface area (Å²) in [6, 6.07) is 9.52. The van der Waals surface area contributed by atoms with E-state index >= 15 is 0 Å². The highest BCUT2D eigenvalue weighted by Gasteiger charge is 2.32. The van der Waals surface area contributed by atoms with Crippen LogP contribution in [0.2, 0.25) is 0 Å². The maximum atomic E-state index is 11.9. The molecule has 1 aromatic rings. The van der Waals surface area contributed by atoms with Crippen molar-refractivity contribution in [1.82, 2.24) is 5.32 Å². The molecule has 0 spiro atoms. The molecule has 1 fully saturated rings. The fourth-order valence-corrected chi connectivity index (χ4v) is 2.31. The average Bonchev–Trinajstić information content (AvgIpc) is 2.82. The molecule has 5 nitrogen and oxygen atoms in total. The van der Waals surface area contributed by atoms with Gasteiger partial charge in [0.25, 0.3) is 0 Å². The predicted octanol–water partition coefficient (Wildman–Crippen LogP) is 1.21. The van der Waals surface area contributed by atoms with Crippen LogP contribution < -0.4 is 11.1 Å². The summed E-state index contributed by atoms with van der Waals surface area (Å²) in [5.74, 6) is -0.704. The third kappa shape index (κ3) is 5.12. The van der Waals surface area contributed by atoms with Gasteiger partial charge in [0.1, 0.15) is 6.10 Å². The molecule has 5 heteroatoms. The Kier molecular flexibility index (Phi) is 5.33. The lowest BCUT2D eigenvalue weighted by Gasteiger charge is -2.18. The van der Waals surface area contributed by atoms with Crippen LogP contribution in [-0.2, 0) is 20.7 Å². The SMILES string of the molecule is CC1(C)OCC(CNC(=O)[C@@H](N)CCc2ccccc2)O1. The van der Waals surface area contributed by atoms with Gasteiger partial charge in [-0.2, -0.15) is 0 Å². The molecule has 3 N–H and O–H groups in total. The second kappa shape index (κ2) is 7.02. The van der Waals surface area contributed by atoms with Crippen LogP contribution >= 0.6 is 0 Å². The first-order valence-corrected chi connectivity index (χ1v) is 7.35. The molecule has 1 unspecified atom stereocenters. The van der Waals surface area contributed by atoms with E-state index in [1.165, 1.54) is 5.56 Å². The molecule has 1 aliphatic rings. The van der Waals surface area contributed by atoms with E-state index < -0.39 is 11.8 Å². The molecule has 2 atom stereocenters. The summed E-state index contributed by atoms with van der Waals surface area (Å²) in [4.78, 5) is 11.9. The number of aryl methyl sites for hydroxylation is 1. The van der Waals surface area contributed by atoms with Gasteiger partial charge in [-0.15, -0.1) is 0 Å². The largest absolute Gasteiger partial charge is 0.352 e. The van der Waals surface area contributed by atoms with Crippen molar-refractivity contribution < 1.29 is 14.3 Å². The Morgan fingerprint density at radius 1 is 1.43 bits per heavy atom. The number of hydrogen-bond acceptors (Lipinski definition) is 4. The molecule has 0 aromatic heterocycles. The lowest BCUT2D eigenvalue weighted by atomic mass is 10.1. The quantitative estimate of drug-likeness (QED) is 0.826. The van der Waals surface area contributed by atoms with Crippen LogP contribution in [0.5, 0.6) is 0 Å². The van der Waals surface area contributed by atoms with Gasteiger partial charge in [0.05, 0.1) is 12.6 Å². The van der Waals surface area contributed by atoms with Crippen LogP contribution in [0.4, 0.5) is 0 Å². The zero-order chi connectivity index (χ0) is 15.3. The van der Waals surface area contributed by atoms with E-state index in [2.05, 4.69) is 5.32 Å². The second-order valence-corrected chi connectivity index (χ2v) is 5.83. The van der Waals surface area contributed by atoms with Gasteiger partial charge in [-0.05, 0) is 32.3 Å². The van der Waals surface area contributed by atoms with Gasteiger partial charge < -0.3 is 20.5 Å². The number of hydrogen-bond donors (Lipinski definition) is 2. The van der Waals surface area contributed by atoms with Crippen molar-refractivity contribution in [1.29, 1.82) is 0 Å². The molecule has 0 saturated carbocycles. The van der Waals surface area contributed by atoms with Crippen molar-refractivity contribution in [3.63, 3.8) is 0 Å². The van der Waals surface area contributed by atoms with Crippen molar-refractivity contribution in [3.8, 4) is 0 Å². The van der Waals surface area contributed by atoms with E-state index in [4.69, 9.17) is 15.2 Å². The first-order chi connectivity index (χ1) is 9.96. The smallest absolute Gasteiger partial charge is 0.237 e. The molecule has 116 valence electrons. The van der Waals surface area contributed by atoms with Crippen molar-refractivity contribution in [2.24, 2.45) is 5.73 Å². The van der Waals surface area contributed by atoms with E-state index in [9.17, 15) is 4.79 Å². The number of amides is 1. The Morgan fingerprint density at radius 3 is 2.76 bits per heavy atom. The Bertz CT molecular complexity index is 462. The van der Waals surface area contributed by atoms with Crippen LogP contribution in [-0.4, -0.2) is 37.0 Å². The summed E-state index contributed by atoms with van der Waals surface area (Å²) in [7, 11) is 0. The average molecular weight is 292 g/mol. The molecule has 0 bridgehead atoms. The lowest BCUT2D eigenvalue weighted by molar-refractivity contribution is -0.139. The second-order valence-electron chi connectivity index (χ2n) is 5.83. The van der Waals surface area contributed by atoms with E-state index in [1.807, 2.05) is 44.2 Å². The number of nitrogens with two attached hydrogens (primary N) is 1. The lowest BCUT2D eigenvalue weighted by Crippen LogP contribution is -2.44. The maximum absolute atomic E-state index is 11.9. The summed E-state index contributed by atoms with van der Waals surface area (Å²) in [5.41, 5.74) is 7.11. The molecule has 1 amide bonds. The predicted molar refractivity (Wildman–Crippen MR) is 80.7 cm³/mol. The zero-order valence-corrected chi connectivity index (χ0v) is 12.7. The van der Waals surface area contributed by atoms with E-state index in [-0.39, 0.29) is 12.0 Å². The van der Waals surface area contributed by atoms with Gasteiger partial charge in [-0.25, -0.2) is 0 Å². The summed E-state index contributed by atoms with van der Waals surface area (Å²) in [6.07, 6.45) is 1.32. The molecule has 1 heterocycles. The minimum absolute atomic E-state index is 0.106. The van der Waals surface area contributed by atoms with Crippen molar-refractivity contribution in [2.45, 2.75) is 44.6 Å². The van der Waals surface area contributed by atoms with Gasteiger partial charge in [0.2, 0.25) is 5.91 Å². The summed E-state index contributed by atoms with van der Waals surface area (Å²) in [5, 5.41) is 2.83. The highest BCUT2D eigenvalue weighted by molar-refractivity contribution is 5.81. The highest BCUT2D eigenvalue weighted by Crippen LogP contribution is 2.21. The summed E-state index contributed by atoms with van der Waals surface area (Å²) in [6.45, 7) is 4.65. The van der Waals surface area contributed by atoms with Crippen LogP contribution in [0, 0.1) is 0 Å². The van der Waals surface area contributed by atoms with Gasteiger partial charge in [-0.1, -0.05) is 30.3 Å². The van der Waals surface area contributed by atoms with Crippen molar-refractivity contribution in [2.75, 3.05) is 13.2 Å². The van der Waals surface area contributed by atoms with Crippen LogP contribution in [0.15, 0.2) is 30.3 Å². The Balaban J connectivity index is 1.68. The normalized spacial score (nSPS) is 22.0. The van der Waals surface area contributed by atoms with Crippen molar-refractivity contribution in [3.05, 3.63) is 35.9 Å². The maximum Gasteiger partial charge on any atom is 0.237 e. The minimum atomic E-state index is -0.565. The highest BCUT2D eigenvalue weighted by atomic mass is 16.7. The van der Waals surface area contributed by atoms with E-state index in [1.54, 1.807) is 0 Å². The molecular formula is C16H24N2O3. The molecule has 0 aliphatic carbocycles. The first-order valence-electron chi connectivity index (χ1n) is 7.35. The van der Waals surface area contributed by atoms with E-state index in [0.717, 1.165) is 6.42 Å². The Labute approximate surface area is 125 Å². The number of carbonyl (C=O) groups is 1. The number of rotatable bonds is 6. The molecule has 1 aliphatic heterocycles. The molecule has 2 rings (SSSR count). The molecule has 1 aromatic carbocycles. The van der Waals surface area contributed by atoms with Crippen LogP contribution in [0.25, 0.3) is 0 Å². The van der Waals surface area contributed by atoms with E-state index in [0.29, 0.717) is 19.6 Å². The summed E-state index contributed by atoms with van der Waals surface area (Å²) < 4.78 is 11.1. The Hall–Kier alpha value is -1.43. The van der Waals surface area contributed by atoms with Gasteiger partial charge >= 0.3 is 0 Å². The fraction of sp³-hybridized carbons (Fsp3) is 0.562. The van der Waals surface area contributed by atoms with Crippen LogP contribution in [0.3, 0.4) is 0 Å². The molecular weight excluding hydrogens is 268 g/mol. The third-order valence-corrected chi connectivity index (χ3v) is 3.49. The number of carbonyl (C=O) groups excluding carboxylic acids is 1. The van der Waals surface area contributed by atoms with Gasteiger partial charge in [-0.3, -0.25) is 4.79 Å². The number of benzene rings is 1. The Morgan fingerprint density at radius 2 is 2.14 bits per heavy atom. The topological polar surface area (TPSA) is 73.6 Å². The van der Waals surface area contributed by atoms with Crippen LogP contribution in [0.1, 0.15) is 25.8 Å². The molecule has 1 saturated heterocycles. The third-order valence-electron chi connectivity index (χ3n) is 3.49. The van der Waals surface area contributed by atoms with Gasteiger partial charge in [0.15, 0.2) is 5.79 Å².